The van der Waals surface area contributed by atoms with Crippen LogP contribution in [0.2, 0.25) is 0 Å². The molecule has 12 heteroatoms. The van der Waals surface area contributed by atoms with Gasteiger partial charge in [0, 0.05) is 25.7 Å². The summed E-state index contributed by atoms with van der Waals surface area (Å²) < 4.78 is 30.3. The maximum atomic E-state index is 11.0. The minimum atomic E-state index is -0.105. The molecule has 12 nitrogen and oxygen atoms in total. The van der Waals surface area contributed by atoms with Crippen molar-refractivity contribution < 1.29 is 57.2 Å². The number of ether oxygens (including phenoxy) is 6. The van der Waals surface area contributed by atoms with Crippen molar-refractivity contribution in [3.05, 3.63) is 0 Å². The lowest BCUT2D eigenvalue weighted by Crippen LogP contribution is -2.20. The van der Waals surface area contributed by atoms with Gasteiger partial charge in [-0.1, -0.05) is 330 Å². The Hall–Kier alpha value is -3.18. The molecule has 105 heavy (non-hydrogen) atoms. The van der Waals surface area contributed by atoms with Gasteiger partial charge < -0.3 is 28.4 Å². The molecule has 0 heterocycles. The molecule has 0 spiro atoms. The van der Waals surface area contributed by atoms with Gasteiger partial charge in [0.1, 0.15) is 0 Å². The SMILES string of the molecule is CC(C)C(=O)OCCC(C)(C)C.CC(C)C(=O)OCCCC(C)(C)C.CC(C)CC(C)(C)C.CC(C)CCC(C)(C)C.CCC(=O)OC(C)CC(C)(C)C.CCC(=O)OC(C)CCC(C)(C)C.CCC(=O)OCCC(C)(C)C.CCC(=O)OCCCC(C)(C)C.CCCC(C)(C)C.CCCCC(C)(C)C. The summed E-state index contributed by atoms with van der Waals surface area (Å²) in [6.07, 6.45) is 21.7. The molecule has 0 amide bonds. The third kappa shape index (κ3) is 147. The van der Waals surface area contributed by atoms with Crippen LogP contribution in [0, 0.1) is 77.8 Å². The van der Waals surface area contributed by atoms with Crippen LogP contribution in [-0.4, -0.2) is 74.5 Å². The van der Waals surface area contributed by atoms with E-state index in [2.05, 4.69) is 249 Å². The maximum absolute atomic E-state index is 11.0. The molecule has 0 aromatic carbocycles. The maximum Gasteiger partial charge on any atom is 0.308 e. The number of hydrogen-bond donors (Lipinski definition) is 0. The fourth-order valence-electron chi connectivity index (χ4n) is 8.65. The smallest absolute Gasteiger partial charge is 0.308 e. The second-order valence-electron chi connectivity index (χ2n) is 42.5. The van der Waals surface area contributed by atoms with Crippen LogP contribution in [0.4, 0.5) is 0 Å². The Bertz CT molecular complexity index is 2010. The van der Waals surface area contributed by atoms with Gasteiger partial charge in [-0.15, -0.1) is 0 Å². The lowest BCUT2D eigenvalue weighted by molar-refractivity contribution is -0.149. The van der Waals surface area contributed by atoms with Crippen molar-refractivity contribution in [2.24, 2.45) is 77.8 Å². The van der Waals surface area contributed by atoms with E-state index in [9.17, 15) is 28.8 Å². The summed E-state index contributed by atoms with van der Waals surface area (Å²) in [5.74, 6) is 1.11. The van der Waals surface area contributed by atoms with E-state index in [0.29, 0.717) is 90.0 Å². The standard InChI is InChI=1S/2C11H22O2.3C10H20O2.C9H18O2.C9H20.2C8H18.C7H16/c1-9(2)10(12)13-8-6-7-11(3,4)5;1-6-10(12)13-9(2)7-8-11(3,4)5;1-8(2)9(11)12-7-6-10(3,4)5;1-6-9(11)12-8(2)7-10(3,4)5;1-5-9(11)12-8-6-7-10(2,3)4;1-5-8(10)11-7-6-9(2,3)4;1-8(2)6-7-9(3,4)5;1-7(2)6-8(3,4)5;1-5-6-7-8(2,3)4;1-5-6-7(2,3)4/h2*9H,6-8H2,1-5H3;2*8H,6-7H2,1-5H3;5-8H2,1-4H3;5-7H2,1-4H3;8H,6-7H2,1-5H3;7H,6H2,1-5H3;5-7H2,1-4H3;5-6H2,1-4H3. The molecule has 0 N–H and O–H groups in total. The Labute approximate surface area is 659 Å². The number of hydrogen-bond acceptors (Lipinski definition) is 12. The summed E-state index contributed by atoms with van der Waals surface area (Å²) in [6.45, 7) is 101. The van der Waals surface area contributed by atoms with Crippen LogP contribution >= 0.6 is 0 Å². The van der Waals surface area contributed by atoms with Crippen LogP contribution in [0.3, 0.4) is 0 Å². The highest BCUT2D eigenvalue weighted by atomic mass is 16.6. The highest BCUT2D eigenvalue weighted by molar-refractivity contribution is 5.72. The van der Waals surface area contributed by atoms with Gasteiger partial charge in [-0.3, -0.25) is 28.8 Å². The van der Waals surface area contributed by atoms with Crippen molar-refractivity contribution in [3.63, 3.8) is 0 Å². The van der Waals surface area contributed by atoms with E-state index >= 15 is 0 Å². The van der Waals surface area contributed by atoms with Crippen molar-refractivity contribution in [2.45, 2.75) is 466 Å². The molecule has 0 aliphatic heterocycles. The molecule has 0 fully saturated rings. The Morgan fingerprint density at radius 2 is 0.514 bits per heavy atom. The monoisotopic (exact) mass is 1500 g/mol. The molecule has 2 unspecified atom stereocenters. The van der Waals surface area contributed by atoms with E-state index in [1.807, 2.05) is 62.3 Å². The molecule has 0 rings (SSSR count). The van der Waals surface area contributed by atoms with Gasteiger partial charge in [0.25, 0.3) is 0 Å². The van der Waals surface area contributed by atoms with E-state index in [1.165, 1.54) is 51.4 Å². The van der Waals surface area contributed by atoms with Gasteiger partial charge in [-0.25, -0.2) is 0 Å². The topological polar surface area (TPSA) is 158 Å². The van der Waals surface area contributed by atoms with Gasteiger partial charge in [-0.05, 0) is 163 Å². The lowest BCUT2D eigenvalue weighted by atomic mass is 9.86. The molecule has 0 bridgehead atoms. The molecule has 0 aromatic rings. The fourth-order valence-corrected chi connectivity index (χ4v) is 8.65. The predicted molar refractivity (Wildman–Crippen MR) is 460 cm³/mol. The van der Waals surface area contributed by atoms with Crippen molar-refractivity contribution >= 4 is 35.8 Å². The van der Waals surface area contributed by atoms with Gasteiger partial charge in [0.05, 0.1) is 50.5 Å². The number of rotatable bonds is 27. The highest BCUT2D eigenvalue weighted by Crippen LogP contribution is 2.28. The van der Waals surface area contributed by atoms with Crippen molar-refractivity contribution in [2.75, 3.05) is 26.4 Å². The molecular weight excluding hydrogens is 1310 g/mol. The summed E-state index contributed by atoms with van der Waals surface area (Å²) in [4.78, 5) is 65.3. The van der Waals surface area contributed by atoms with Gasteiger partial charge in [-0.2, -0.15) is 0 Å². The summed E-state index contributed by atoms with van der Waals surface area (Å²) >= 11 is 0. The van der Waals surface area contributed by atoms with Crippen LogP contribution in [0.5, 0.6) is 0 Å². The zero-order chi connectivity index (χ0) is 85.8. The predicted octanol–water partition coefficient (Wildman–Crippen LogP) is 29.3. The van der Waals surface area contributed by atoms with E-state index in [-0.39, 0.29) is 76.1 Å². The second-order valence-corrected chi connectivity index (χ2v) is 42.5. The quantitative estimate of drug-likeness (QED) is 0.0436. The normalized spacial score (nSPS) is 12.4. The molecule has 0 radical (unpaired) electrons. The van der Waals surface area contributed by atoms with Crippen LogP contribution in [-0.2, 0) is 57.2 Å². The van der Waals surface area contributed by atoms with Crippen LogP contribution in [0.25, 0.3) is 0 Å². The lowest BCUT2D eigenvalue weighted by Gasteiger charge is -2.22. The van der Waals surface area contributed by atoms with Crippen molar-refractivity contribution in [1.29, 1.82) is 0 Å². The largest absolute Gasteiger partial charge is 0.466 e. The minimum Gasteiger partial charge on any atom is -0.466 e. The first kappa shape index (κ1) is 123. The first-order chi connectivity index (χ1) is 46.7. The fraction of sp³-hybridized carbons (Fsp3) is 0.935. The van der Waals surface area contributed by atoms with Gasteiger partial charge in [0.15, 0.2) is 0 Å². The van der Waals surface area contributed by atoms with Crippen LogP contribution in [0.15, 0.2) is 0 Å². The number of carbonyl (C=O) groups is 6. The second kappa shape index (κ2) is 65.5. The van der Waals surface area contributed by atoms with Crippen molar-refractivity contribution in [3.8, 4) is 0 Å². The molecule has 638 valence electrons. The van der Waals surface area contributed by atoms with Gasteiger partial charge >= 0.3 is 35.8 Å². The van der Waals surface area contributed by atoms with E-state index in [0.717, 1.165) is 69.6 Å². The Morgan fingerprint density at radius 1 is 0.248 bits per heavy atom. The average Bonchev–Trinajstić information content (AvgIpc) is 0.960. The van der Waals surface area contributed by atoms with Crippen LogP contribution < -0.4 is 0 Å². The van der Waals surface area contributed by atoms with Crippen molar-refractivity contribution in [1.82, 2.24) is 0 Å². The molecule has 0 aliphatic carbocycles. The Kier molecular flexibility index (Phi) is 76.6. The Balaban J connectivity index is -0.000000120. The van der Waals surface area contributed by atoms with Crippen LogP contribution in [0.1, 0.15) is 453 Å². The van der Waals surface area contributed by atoms with E-state index < -0.39 is 0 Å². The minimum absolute atomic E-state index is 0.00497. The first-order valence-electron chi connectivity index (χ1n) is 41.8. The number of unbranched alkanes of at least 4 members (excludes halogenated alkanes) is 1. The third-order valence-electron chi connectivity index (χ3n) is 14.6. The van der Waals surface area contributed by atoms with E-state index in [1.54, 1.807) is 6.92 Å². The Morgan fingerprint density at radius 3 is 0.733 bits per heavy atom. The molecule has 0 aromatic heterocycles. The summed E-state index contributed by atoms with van der Waals surface area (Å²) in [5.41, 5.74) is 3.90. The first-order valence-corrected chi connectivity index (χ1v) is 41.8. The summed E-state index contributed by atoms with van der Waals surface area (Å²) in [5, 5.41) is 0. The molecule has 0 aliphatic rings. The summed E-state index contributed by atoms with van der Waals surface area (Å²) in [6, 6.07) is 0. The number of esters is 6. The van der Waals surface area contributed by atoms with E-state index in [4.69, 9.17) is 28.4 Å². The highest BCUT2D eigenvalue weighted by Gasteiger charge is 2.20. The number of carbonyl (C=O) groups excluding carboxylic acids is 6. The molecule has 2 atom stereocenters. The van der Waals surface area contributed by atoms with Gasteiger partial charge in [0.2, 0.25) is 0 Å². The molecule has 0 saturated carbocycles. The zero-order valence-electron chi connectivity index (χ0n) is 80.0. The summed E-state index contributed by atoms with van der Waals surface area (Å²) in [7, 11) is 0. The zero-order valence-corrected chi connectivity index (χ0v) is 80.0. The third-order valence-corrected chi connectivity index (χ3v) is 14.6. The molecular formula is C93H194O12. The molecule has 0 saturated heterocycles. The average molecular weight is 1500 g/mol.